The Kier molecular flexibility index (Phi) is 3.39. The smallest absolute Gasteiger partial charge is 0.272 e. The van der Waals surface area contributed by atoms with Gasteiger partial charge in [0.15, 0.2) is 0 Å². The molecule has 2 N–H and O–H groups in total. The number of carbonyl (C=O) groups is 1. The zero-order valence-electron chi connectivity index (χ0n) is 13.0. The number of fused-ring (bicyclic) bond motifs is 3. The molecule has 0 bridgehead atoms. The third-order valence-corrected chi connectivity index (χ3v) is 3.94. The molecule has 0 aliphatic heterocycles. The lowest BCUT2D eigenvalue weighted by molar-refractivity contribution is 0.102. The van der Waals surface area contributed by atoms with Crippen molar-refractivity contribution in [1.82, 2.24) is 9.97 Å². The Hall–Kier alpha value is -3.34. The Balaban J connectivity index is 1.70. The third-order valence-electron chi connectivity index (χ3n) is 3.94. The molecule has 0 saturated carbocycles. The molecular formula is C19H15N3O2. The fourth-order valence-corrected chi connectivity index (χ4v) is 2.76. The van der Waals surface area contributed by atoms with E-state index in [0.717, 1.165) is 21.8 Å². The molecule has 2 aromatic carbocycles. The normalized spacial score (nSPS) is 10.9. The van der Waals surface area contributed by atoms with Gasteiger partial charge in [-0.1, -0.05) is 24.3 Å². The van der Waals surface area contributed by atoms with E-state index in [1.165, 1.54) is 0 Å². The number of pyridine rings is 1. The molecule has 1 amide bonds. The van der Waals surface area contributed by atoms with Crippen molar-refractivity contribution < 1.29 is 9.53 Å². The Bertz CT molecular complexity index is 1050. The predicted octanol–water partition coefficient (Wildman–Crippen LogP) is 3.98. The van der Waals surface area contributed by atoms with E-state index in [1.54, 1.807) is 19.4 Å². The van der Waals surface area contributed by atoms with Gasteiger partial charge in [0.25, 0.3) is 5.91 Å². The van der Waals surface area contributed by atoms with Crippen molar-refractivity contribution in [3.63, 3.8) is 0 Å². The number of anilines is 1. The Morgan fingerprint density at radius 3 is 2.83 bits per heavy atom. The van der Waals surface area contributed by atoms with Crippen LogP contribution in [0.2, 0.25) is 0 Å². The van der Waals surface area contributed by atoms with Gasteiger partial charge in [-0.05, 0) is 24.3 Å². The number of aromatic nitrogens is 2. The molecule has 2 heterocycles. The van der Waals surface area contributed by atoms with Crippen LogP contribution in [-0.4, -0.2) is 23.0 Å². The molecule has 4 aromatic rings. The summed E-state index contributed by atoms with van der Waals surface area (Å²) in [6.07, 6.45) is 1.75. The number of benzene rings is 2. The molecule has 0 fully saturated rings. The summed E-state index contributed by atoms with van der Waals surface area (Å²) in [5.74, 6) is 0.489. The van der Waals surface area contributed by atoms with E-state index in [-0.39, 0.29) is 5.91 Å². The highest BCUT2D eigenvalue weighted by Gasteiger charge is 2.12. The number of ether oxygens (including phenoxy) is 1. The maximum absolute atomic E-state index is 12.5. The van der Waals surface area contributed by atoms with Gasteiger partial charge in [0.05, 0.1) is 18.1 Å². The van der Waals surface area contributed by atoms with Crippen LogP contribution < -0.4 is 10.1 Å². The summed E-state index contributed by atoms with van der Waals surface area (Å²) in [5.41, 5.74) is 2.89. The van der Waals surface area contributed by atoms with Crippen molar-refractivity contribution in [2.75, 3.05) is 12.4 Å². The van der Waals surface area contributed by atoms with Crippen molar-refractivity contribution in [2.24, 2.45) is 0 Å². The van der Waals surface area contributed by atoms with Crippen LogP contribution in [0, 0.1) is 0 Å². The van der Waals surface area contributed by atoms with Crippen molar-refractivity contribution in [1.29, 1.82) is 0 Å². The van der Waals surface area contributed by atoms with Gasteiger partial charge in [0.1, 0.15) is 11.4 Å². The first-order valence-electron chi connectivity index (χ1n) is 7.56. The summed E-state index contributed by atoms with van der Waals surface area (Å²) in [6, 6.07) is 17.0. The predicted molar refractivity (Wildman–Crippen MR) is 94.5 cm³/mol. The van der Waals surface area contributed by atoms with Crippen LogP contribution >= 0.6 is 0 Å². The Morgan fingerprint density at radius 1 is 1.08 bits per heavy atom. The zero-order valence-corrected chi connectivity index (χ0v) is 13.0. The molecule has 4 rings (SSSR count). The van der Waals surface area contributed by atoms with Crippen molar-refractivity contribution in [3.05, 3.63) is 66.5 Å². The Morgan fingerprint density at radius 2 is 1.96 bits per heavy atom. The summed E-state index contributed by atoms with van der Waals surface area (Å²) in [6.45, 7) is 0. The number of rotatable bonds is 3. The average Bonchev–Trinajstić information content (AvgIpc) is 3.07. The van der Waals surface area contributed by atoms with E-state index in [2.05, 4.69) is 15.3 Å². The van der Waals surface area contributed by atoms with Crippen LogP contribution in [0.4, 0.5) is 5.69 Å². The van der Waals surface area contributed by atoms with Gasteiger partial charge in [-0.3, -0.25) is 9.78 Å². The first-order chi connectivity index (χ1) is 11.7. The maximum Gasteiger partial charge on any atom is 0.272 e. The minimum absolute atomic E-state index is 0.205. The van der Waals surface area contributed by atoms with Crippen molar-refractivity contribution in [2.45, 2.75) is 0 Å². The SMILES string of the molecule is COc1cccc(NC(=O)c2cc3ccc4cccnc4c3[nH]2)c1. The first kappa shape index (κ1) is 14.3. The number of carbonyl (C=O) groups excluding carboxylic acids is 1. The lowest BCUT2D eigenvalue weighted by Crippen LogP contribution is -2.12. The molecule has 118 valence electrons. The number of H-pyrrole nitrogens is 1. The van der Waals surface area contributed by atoms with Crippen LogP contribution in [0.5, 0.6) is 5.75 Å². The molecule has 0 saturated heterocycles. The summed E-state index contributed by atoms with van der Waals surface area (Å²) < 4.78 is 5.17. The van der Waals surface area contributed by atoms with Gasteiger partial charge in [-0.2, -0.15) is 0 Å². The van der Waals surface area contributed by atoms with Gasteiger partial charge in [0, 0.05) is 28.7 Å². The number of nitrogens with one attached hydrogen (secondary N) is 2. The van der Waals surface area contributed by atoms with E-state index in [9.17, 15) is 4.79 Å². The third kappa shape index (κ3) is 2.46. The molecule has 0 aliphatic carbocycles. The molecule has 5 nitrogen and oxygen atoms in total. The summed E-state index contributed by atoms with van der Waals surface area (Å²) in [5, 5.41) is 4.86. The van der Waals surface area contributed by atoms with Crippen LogP contribution in [0.25, 0.3) is 21.8 Å². The fraction of sp³-hybridized carbons (Fsp3) is 0.0526. The molecule has 0 atom stereocenters. The number of hydrogen-bond donors (Lipinski definition) is 2. The van der Waals surface area contributed by atoms with Crippen molar-refractivity contribution >= 4 is 33.4 Å². The van der Waals surface area contributed by atoms with Gasteiger partial charge < -0.3 is 15.0 Å². The van der Waals surface area contributed by atoms with Crippen molar-refractivity contribution in [3.8, 4) is 5.75 Å². The fourth-order valence-electron chi connectivity index (χ4n) is 2.76. The van der Waals surface area contributed by atoms with E-state index >= 15 is 0 Å². The summed E-state index contributed by atoms with van der Waals surface area (Å²) >= 11 is 0. The number of hydrogen-bond acceptors (Lipinski definition) is 3. The highest BCUT2D eigenvalue weighted by Crippen LogP contribution is 2.24. The van der Waals surface area contributed by atoms with Crippen LogP contribution in [-0.2, 0) is 0 Å². The Labute approximate surface area is 138 Å². The lowest BCUT2D eigenvalue weighted by Gasteiger charge is -2.05. The van der Waals surface area contributed by atoms with Gasteiger partial charge in [0.2, 0.25) is 0 Å². The highest BCUT2D eigenvalue weighted by atomic mass is 16.5. The molecule has 24 heavy (non-hydrogen) atoms. The van der Waals surface area contributed by atoms with Crippen LogP contribution in [0.1, 0.15) is 10.5 Å². The zero-order chi connectivity index (χ0) is 16.5. The highest BCUT2D eigenvalue weighted by molar-refractivity contribution is 6.10. The molecule has 0 spiro atoms. The van der Waals surface area contributed by atoms with Gasteiger partial charge in [-0.15, -0.1) is 0 Å². The molecule has 2 aromatic heterocycles. The van der Waals surface area contributed by atoms with Crippen LogP contribution in [0.15, 0.2) is 60.8 Å². The second-order valence-electron chi connectivity index (χ2n) is 5.47. The second-order valence-corrected chi connectivity index (χ2v) is 5.47. The average molecular weight is 317 g/mol. The lowest BCUT2D eigenvalue weighted by atomic mass is 10.1. The monoisotopic (exact) mass is 317 g/mol. The number of nitrogens with zero attached hydrogens (tertiary/aromatic N) is 1. The van der Waals surface area contributed by atoms with E-state index in [4.69, 9.17) is 4.74 Å². The summed E-state index contributed by atoms with van der Waals surface area (Å²) in [7, 11) is 1.59. The minimum Gasteiger partial charge on any atom is -0.497 e. The number of aromatic amines is 1. The topological polar surface area (TPSA) is 67.0 Å². The molecule has 0 radical (unpaired) electrons. The maximum atomic E-state index is 12.5. The minimum atomic E-state index is -0.205. The number of methoxy groups -OCH3 is 1. The van der Waals surface area contributed by atoms with Gasteiger partial charge in [-0.25, -0.2) is 0 Å². The second kappa shape index (κ2) is 5.70. The summed E-state index contributed by atoms with van der Waals surface area (Å²) in [4.78, 5) is 20.1. The molecule has 0 unspecified atom stereocenters. The first-order valence-corrected chi connectivity index (χ1v) is 7.56. The quantitative estimate of drug-likeness (QED) is 0.600. The van der Waals surface area contributed by atoms with E-state index in [1.807, 2.05) is 48.5 Å². The van der Waals surface area contributed by atoms with E-state index < -0.39 is 0 Å². The standard InChI is InChI=1S/C19H15N3O2/c1-24-15-6-2-5-14(11-15)21-19(23)16-10-13-8-7-12-4-3-9-20-17(12)18(13)22-16/h2-11,22H,1H3,(H,21,23). The molecular weight excluding hydrogens is 302 g/mol. The van der Waals surface area contributed by atoms with E-state index in [0.29, 0.717) is 17.1 Å². The molecule has 5 heteroatoms. The van der Waals surface area contributed by atoms with Gasteiger partial charge >= 0.3 is 0 Å². The number of amides is 1. The van der Waals surface area contributed by atoms with Crippen LogP contribution in [0.3, 0.4) is 0 Å². The largest absolute Gasteiger partial charge is 0.497 e. The molecule has 0 aliphatic rings.